The number of carbonyl (C=O) groups excluding carboxylic acids is 2. The molecule has 6 nitrogen and oxygen atoms in total. The SMILES string of the molecule is Cc1cc(NC(=O)C(OC(=O)c2ccc(C(C)C)cc2)c2ccccc2)no1. The molecule has 1 aromatic heterocycles. The van der Waals surface area contributed by atoms with Gasteiger partial charge in [0.1, 0.15) is 5.76 Å². The van der Waals surface area contributed by atoms with Crippen LogP contribution in [-0.2, 0) is 9.53 Å². The molecule has 3 rings (SSSR count). The van der Waals surface area contributed by atoms with E-state index in [1.54, 1.807) is 49.4 Å². The van der Waals surface area contributed by atoms with Crippen LogP contribution < -0.4 is 5.32 Å². The minimum atomic E-state index is -1.12. The molecule has 0 saturated carbocycles. The molecule has 1 atom stereocenters. The van der Waals surface area contributed by atoms with E-state index in [0.29, 0.717) is 22.8 Å². The molecule has 6 heteroatoms. The highest BCUT2D eigenvalue weighted by molar-refractivity contribution is 5.97. The molecule has 0 radical (unpaired) electrons. The van der Waals surface area contributed by atoms with Crippen LogP contribution in [0, 0.1) is 6.92 Å². The van der Waals surface area contributed by atoms with Gasteiger partial charge in [-0.1, -0.05) is 61.5 Å². The summed E-state index contributed by atoms with van der Waals surface area (Å²) in [6, 6.07) is 17.6. The highest BCUT2D eigenvalue weighted by Crippen LogP contribution is 2.22. The Morgan fingerprint density at radius 2 is 1.68 bits per heavy atom. The van der Waals surface area contributed by atoms with Crippen LogP contribution in [0.15, 0.2) is 65.2 Å². The third-order valence-corrected chi connectivity index (χ3v) is 4.26. The molecule has 0 aliphatic rings. The van der Waals surface area contributed by atoms with Crippen molar-refractivity contribution in [3.8, 4) is 0 Å². The predicted molar refractivity (Wildman–Crippen MR) is 105 cm³/mol. The van der Waals surface area contributed by atoms with Gasteiger partial charge in [0.25, 0.3) is 5.91 Å². The van der Waals surface area contributed by atoms with Gasteiger partial charge in [0, 0.05) is 11.6 Å². The molecule has 1 N–H and O–H groups in total. The Balaban J connectivity index is 1.80. The summed E-state index contributed by atoms with van der Waals surface area (Å²) in [7, 11) is 0. The average molecular weight is 378 g/mol. The second-order valence-corrected chi connectivity index (χ2v) is 6.78. The van der Waals surface area contributed by atoms with Gasteiger partial charge in [0.05, 0.1) is 5.56 Å². The van der Waals surface area contributed by atoms with Crippen molar-refractivity contribution >= 4 is 17.7 Å². The summed E-state index contributed by atoms with van der Waals surface area (Å²) < 4.78 is 10.5. The lowest BCUT2D eigenvalue weighted by Crippen LogP contribution is -2.26. The number of carbonyl (C=O) groups is 2. The molecule has 0 saturated heterocycles. The first-order valence-corrected chi connectivity index (χ1v) is 9.04. The van der Waals surface area contributed by atoms with Gasteiger partial charge in [-0.05, 0) is 30.5 Å². The van der Waals surface area contributed by atoms with Gasteiger partial charge in [0.2, 0.25) is 6.10 Å². The highest BCUT2D eigenvalue weighted by Gasteiger charge is 2.26. The molecule has 144 valence electrons. The monoisotopic (exact) mass is 378 g/mol. The topological polar surface area (TPSA) is 81.4 Å². The molecule has 1 unspecified atom stereocenters. The van der Waals surface area contributed by atoms with E-state index in [1.807, 2.05) is 18.2 Å². The minimum Gasteiger partial charge on any atom is -0.444 e. The van der Waals surface area contributed by atoms with E-state index >= 15 is 0 Å². The Morgan fingerprint density at radius 3 is 2.25 bits per heavy atom. The van der Waals surface area contributed by atoms with Crippen molar-refractivity contribution in [1.82, 2.24) is 5.16 Å². The fraction of sp³-hybridized carbons (Fsp3) is 0.227. The molecule has 28 heavy (non-hydrogen) atoms. The Morgan fingerprint density at radius 1 is 1.00 bits per heavy atom. The molecule has 0 aliphatic heterocycles. The second-order valence-electron chi connectivity index (χ2n) is 6.78. The molecular weight excluding hydrogens is 356 g/mol. The third kappa shape index (κ3) is 4.65. The van der Waals surface area contributed by atoms with Crippen molar-refractivity contribution in [3.63, 3.8) is 0 Å². The average Bonchev–Trinajstić information content (AvgIpc) is 3.11. The largest absolute Gasteiger partial charge is 0.444 e. The number of anilines is 1. The highest BCUT2D eigenvalue weighted by atomic mass is 16.5. The van der Waals surface area contributed by atoms with Crippen molar-refractivity contribution in [3.05, 3.63) is 83.1 Å². The number of nitrogens with zero attached hydrogens (tertiary/aromatic N) is 1. The minimum absolute atomic E-state index is 0.265. The number of benzene rings is 2. The van der Waals surface area contributed by atoms with Crippen molar-refractivity contribution in [1.29, 1.82) is 0 Å². The van der Waals surface area contributed by atoms with Crippen LogP contribution in [-0.4, -0.2) is 17.0 Å². The number of aryl methyl sites for hydroxylation is 1. The lowest BCUT2D eigenvalue weighted by molar-refractivity contribution is -0.125. The summed E-state index contributed by atoms with van der Waals surface area (Å²) >= 11 is 0. The van der Waals surface area contributed by atoms with Crippen LogP contribution in [0.5, 0.6) is 0 Å². The van der Waals surface area contributed by atoms with Crippen LogP contribution in [0.25, 0.3) is 0 Å². The van der Waals surface area contributed by atoms with Crippen molar-refractivity contribution < 1.29 is 18.8 Å². The number of esters is 1. The summed E-state index contributed by atoms with van der Waals surface area (Å²) in [6.45, 7) is 5.88. The number of aromatic nitrogens is 1. The van der Waals surface area contributed by atoms with E-state index in [1.165, 1.54) is 0 Å². The van der Waals surface area contributed by atoms with Crippen molar-refractivity contribution in [2.75, 3.05) is 5.32 Å². The predicted octanol–water partition coefficient (Wildman–Crippen LogP) is 4.64. The van der Waals surface area contributed by atoms with Crippen molar-refractivity contribution in [2.24, 2.45) is 0 Å². The lowest BCUT2D eigenvalue weighted by atomic mass is 10.0. The summed E-state index contributed by atoms with van der Waals surface area (Å²) in [5.41, 5.74) is 2.07. The van der Waals surface area contributed by atoms with Gasteiger partial charge in [-0.25, -0.2) is 4.79 Å². The van der Waals surface area contributed by atoms with E-state index in [2.05, 4.69) is 24.3 Å². The maximum Gasteiger partial charge on any atom is 0.339 e. The molecule has 0 aliphatic carbocycles. The fourth-order valence-corrected chi connectivity index (χ4v) is 2.70. The number of hydrogen-bond donors (Lipinski definition) is 1. The maximum atomic E-state index is 12.8. The van der Waals surface area contributed by atoms with Gasteiger partial charge < -0.3 is 14.6 Å². The van der Waals surface area contributed by atoms with E-state index in [-0.39, 0.29) is 5.82 Å². The Bertz CT molecular complexity index is 946. The molecule has 0 bridgehead atoms. The van der Waals surface area contributed by atoms with Crippen LogP contribution in [0.1, 0.15) is 53.1 Å². The summed E-state index contributed by atoms with van der Waals surface area (Å²) in [5, 5.41) is 6.37. The maximum absolute atomic E-state index is 12.8. The third-order valence-electron chi connectivity index (χ3n) is 4.26. The Kier molecular flexibility index (Phi) is 5.89. The number of amides is 1. The van der Waals surface area contributed by atoms with E-state index in [9.17, 15) is 9.59 Å². The number of hydrogen-bond acceptors (Lipinski definition) is 5. The Labute approximate surface area is 163 Å². The van der Waals surface area contributed by atoms with Crippen molar-refractivity contribution in [2.45, 2.75) is 32.8 Å². The smallest absolute Gasteiger partial charge is 0.339 e. The number of nitrogens with one attached hydrogen (secondary N) is 1. The van der Waals surface area contributed by atoms with E-state index < -0.39 is 18.0 Å². The zero-order valence-electron chi connectivity index (χ0n) is 16.0. The van der Waals surface area contributed by atoms with Crippen LogP contribution in [0.4, 0.5) is 5.82 Å². The zero-order chi connectivity index (χ0) is 20.1. The zero-order valence-corrected chi connectivity index (χ0v) is 16.0. The summed E-state index contributed by atoms with van der Waals surface area (Å²) in [4.78, 5) is 25.4. The van der Waals surface area contributed by atoms with Gasteiger partial charge in [-0.15, -0.1) is 0 Å². The van der Waals surface area contributed by atoms with Crippen LogP contribution in [0.3, 0.4) is 0 Å². The number of ether oxygens (including phenoxy) is 1. The molecule has 3 aromatic rings. The van der Waals surface area contributed by atoms with Gasteiger partial charge in [-0.3, -0.25) is 4.79 Å². The normalized spacial score (nSPS) is 11.9. The summed E-state index contributed by atoms with van der Waals surface area (Å²) in [6.07, 6.45) is -1.12. The van der Waals surface area contributed by atoms with Crippen LogP contribution >= 0.6 is 0 Å². The van der Waals surface area contributed by atoms with Crippen LogP contribution in [0.2, 0.25) is 0 Å². The lowest BCUT2D eigenvalue weighted by Gasteiger charge is -2.17. The molecule has 2 aromatic carbocycles. The quantitative estimate of drug-likeness (QED) is 0.632. The summed E-state index contributed by atoms with van der Waals surface area (Å²) in [5.74, 6) is 0.107. The van der Waals surface area contributed by atoms with Gasteiger partial charge in [0.15, 0.2) is 5.82 Å². The molecule has 1 heterocycles. The van der Waals surface area contributed by atoms with Gasteiger partial charge in [-0.2, -0.15) is 0 Å². The molecule has 0 fully saturated rings. The van der Waals surface area contributed by atoms with E-state index in [4.69, 9.17) is 9.26 Å². The first kappa shape index (κ1) is 19.4. The van der Waals surface area contributed by atoms with E-state index in [0.717, 1.165) is 5.56 Å². The first-order valence-electron chi connectivity index (χ1n) is 9.04. The molecule has 0 spiro atoms. The first-order chi connectivity index (χ1) is 13.4. The van der Waals surface area contributed by atoms with Gasteiger partial charge >= 0.3 is 5.97 Å². The molecular formula is C22H22N2O4. The number of rotatable bonds is 6. The second kappa shape index (κ2) is 8.52. The Hall–Kier alpha value is -3.41. The fourth-order valence-electron chi connectivity index (χ4n) is 2.70. The standard InChI is InChI=1S/C22H22N2O4/c1-14(2)16-9-11-18(12-10-16)22(26)27-20(17-7-5-4-6-8-17)21(25)23-19-13-15(3)28-24-19/h4-14,20H,1-3H3,(H,23,24,25). The molecule has 1 amide bonds.